The van der Waals surface area contributed by atoms with Crippen molar-refractivity contribution in [2.75, 3.05) is 39.5 Å². The lowest BCUT2D eigenvalue weighted by Crippen LogP contribution is -2.45. The van der Waals surface area contributed by atoms with E-state index in [1.54, 1.807) is 23.1 Å². The molecule has 1 N–H and O–H groups in total. The summed E-state index contributed by atoms with van der Waals surface area (Å²) < 4.78 is 25.5. The van der Waals surface area contributed by atoms with E-state index in [4.69, 9.17) is 9.47 Å². The molecule has 0 bridgehead atoms. The van der Waals surface area contributed by atoms with Crippen LogP contribution in [0.2, 0.25) is 0 Å². The minimum Gasteiger partial charge on any atom is -0.492 e. The van der Waals surface area contributed by atoms with E-state index in [0.29, 0.717) is 56.3 Å². The summed E-state index contributed by atoms with van der Waals surface area (Å²) in [7, 11) is 0. The number of fused-ring (bicyclic) bond motifs is 1. The molecule has 2 aromatic rings. The Bertz CT molecular complexity index is 972. The molecule has 0 unspecified atom stereocenters. The van der Waals surface area contributed by atoms with Gasteiger partial charge in [0, 0.05) is 37.2 Å². The van der Waals surface area contributed by atoms with Crippen LogP contribution in [-0.2, 0) is 4.74 Å². The third kappa shape index (κ3) is 5.90. The smallest absolute Gasteiger partial charge is 0.255 e. The molecule has 4 rings (SSSR count). The van der Waals surface area contributed by atoms with E-state index in [2.05, 4.69) is 5.32 Å². The summed E-state index contributed by atoms with van der Waals surface area (Å²) in [4.78, 5) is 27.3. The Morgan fingerprint density at radius 2 is 1.82 bits per heavy atom. The average Bonchev–Trinajstić information content (AvgIpc) is 2.84. The van der Waals surface area contributed by atoms with Gasteiger partial charge in [0.2, 0.25) is 0 Å². The van der Waals surface area contributed by atoms with Crippen molar-refractivity contribution in [1.29, 1.82) is 0 Å². The van der Waals surface area contributed by atoms with Crippen molar-refractivity contribution in [3.63, 3.8) is 0 Å². The molecule has 33 heavy (non-hydrogen) atoms. The third-order valence-corrected chi connectivity index (χ3v) is 6.63. The van der Waals surface area contributed by atoms with E-state index < -0.39 is 5.82 Å². The van der Waals surface area contributed by atoms with Crippen LogP contribution in [0.15, 0.2) is 48.5 Å². The maximum atomic E-state index is 13.6. The molecule has 0 radical (unpaired) electrons. The molecule has 7 heteroatoms. The van der Waals surface area contributed by atoms with Crippen LogP contribution in [0.25, 0.3) is 0 Å². The normalized spacial score (nSPS) is 19.7. The highest BCUT2D eigenvalue weighted by molar-refractivity contribution is 5.97. The summed E-state index contributed by atoms with van der Waals surface area (Å²) in [5, 5.41) is 2.89. The molecule has 0 aliphatic carbocycles. The second-order valence-electron chi connectivity index (χ2n) is 8.91. The van der Waals surface area contributed by atoms with Crippen molar-refractivity contribution in [1.82, 2.24) is 10.2 Å². The number of likely N-dealkylation sites (tertiary alicyclic amines) is 1. The molecule has 1 saturated heterocycles. The van der Waals surface area contributed by atoms with Gasteiger partial charge in [-0.2, -0.15) is 0 Å². The van der Waals surface area contributed by atoms with Crippen LogP contribution >= 0.6 is 0 Å². The summed E-state index contributed by atoms with van der Waals surface area (Å²) in [6, 6.07) is 13.1. The molecule has 6 nitrogen and oxygen atoms in total. The molecule has 2 amide bonds. The number of benzene rings is 2. The Kier molecular flexibility index (Phi) is 7.60. The quantitative estimate of drug-likeness (QED) is 0.706. The van der Waals surface area contributed by atoms with Crippen molar-refractivity contribution in [2.45, 2.75) is 32.1 Å². The largest absolute Gasteiger partial charge is 0.492 e. The van der Waals surface area contributed by atoms with Gasteiger partial charge in [0.05, 0.1) is 18.8 Å². The Morgan fingerprint density at radius 3 is 2.64 bits per heavy atom. The Morgan fingerprint density at radius 1 is 1.00 bits per heavy atom. The number of carbonyl (C=O) groups excluding carboxylic acids is 2. The lowest BCUT2D eigenvalue weighted by atomic mass is 9.75. The topological polar surface area (TPSA) is 67.9 Å². The molecule has 2 aromatic carbocycles. The number of nitrogens with zero attached hydrogens (tertiary/aromatic N) is 1. The molecule has 2 aliphatic rings. The lowest BCUT2D eigenvalue weighted by Gasteiger charge is -2.42. The summed E-state index contributed by atoms with van der Waals surface area (Å²) in [6.45, 7) is 3.28. The van der Waals surface area contributed by atoms with Gasteiger partial charge in [0.15, 0.2) is 0 Å². The highest BCUT2D eigenvalue weighted by Gasteiger charge is 2.37. The number of ether oxygens (including phenoxy) is 2. The number of carbonyl (C=O) groups is 2. The van der Waals surface area contributed by atoms with Crippen LogP contribution in [0.5, 0.6) is 5.75 Å². The zero-order valence-corrected chi connectivity index (χ0v) is 18.9. The summed E-state index contributed by atoms with van der Waals surface area (Å²) in [5.41, 5.74) is 0.806. The predicted molar refractivity (Wildman–Crippen MR) is 123 cm³/mol. The Labute approximate surface area is 194 Å². The van der Waals surface area contributed by atoms with Crippen LogP contribution in [0.3, 0.4) is 0 Å². The van der Waals surface area contributed by atoms with E-state index in [1.165, 1.54) is 12.1 Å². The average molecular weight is 455 g/mol. The van der Waals surface area contributed by atoms with Gasteiger partial charge < -0.3 is 19.7 Å². The first-order valence-electron chi connectivity index (χ1n) is 11.7. The van der Waals surface area contributed by atoms with Crippen molar-refractivity contribution in [2.24, 2.45) is 5.41 Å². The van der Waals surface area contributed by atoms with Crippen molar-refractivity contribution in [3.8, 4) is 5.75 Å². The fourth-order valence-electron chi connectivity index (χ4n) is 4.60. The molecule has 2 heterocycles. The molecular weight excluding hydrogens is 423 g/mol. The van der Waals surface area contributed by atoms with E-state index in [0.717, 1.165) is 32.1 Å². The van der Waals surface area contributed by atoms with E-state index >= 15 is 0 Å². The second-order valence-corrected chi connectivity index (χ2v) is 8.91. The molecule has 1 fully saturated rings. The van der Waals surface area contributed by atoms with Crippen molar-refractivity contribution < 1.29 is 23.5 Å². The predicted octanol–water partition coefficient (Wildman–Crippen LogP) is 4.06. The third-order valence-electron chi connectivity index (χ3n) is 6.63. The molecule has 176 valence electrons. The number of halogens is 1. The van der Waals surface area contributed by atoms with Crippen LogP contribution in [0.4, 0.5) is 4.39 Å². The van der Waals surface area contributed by atoms with Gasteiger partial charge in [-0.1, -0.05) is 24.6 Å². The highest BCUT2D eigenvalue weighted by Crippen LogP contribution is 2.38. The SMILES string of the molecule is O=C1NCCOCCCCC2(CCN(C(=O)c3cccc(F)c3)CC2)COc2ccccc21. The summed E-state index contributed by atoms with van der Waals surface area (Å²) >= 11 is 0. The van der Waals surface area contributed by atoms with Crippen molar-refractivity contribution >= 4 is 11.8 Å². The van der Waals surface area contributed by atoms with Crippen LogP contribution < -0.4 is 10.1 Å². The summed E-state index contributed by atoms with van der Waals surface area (Å²) in [6.07, 6.45) is 4.51. The number of amides is 2. The maximum absolute atomic E-state index is 13.6. The zero-order valence-electron chi connectivity index (χ0n) is 18.9. The van der Waals surface area contributed by atoms with Crippen LogP contribution in [-0.4, -0.2) is 56.2 Å². The van der Waals surface area contributed by atoms with E-state index in [9.17, 15) is 14.0 Å². The number of piperidine rings is 1. The first-order chi connectivity index (χ1) is 16.1. The number of nitrogens with one attached hydrogen (secondary N) is 1. The van der Waals surface area contributed by atoms with Gasteiger partial charge in [-0.25, -0.2) is 4.39 Å². The van der Waals surface area contributed by atoms with Gasteiger partial charge >= 0.3 is 0 Å². The fourth-order valence-corrected chi connectivity index (χ4v) is 4.60. The van der Waals surface area contributed by atoms with Gasteiger partial charge in [-0.05, 0) is 56.0 Å². The van der Waals surface area contributed by atoms with E-state index in [1.807, 2.05) is 18.2 Å². The standard InChI is InChI=1S/C26H31FN2O4/c27-21-7-5-6-20(18-21)25(31)29-14-11-26(12-15-29)10-3-4-16-32-17-13-28-24(30)22-8-1-2-9-23(22)33-19-26/h1-2,5-9,18H,3-4,10-17,19H2,(H,28,30). The van der Waals surface area contributed by atoms with Gasteiger partial charge in [-0.15, -0.1) is 0 Å². The Hall–Kier alpha value is -2.93. The monoisotopic (exact) mass is 454 g/mol. The number of rotatable bonds is 1. The highest BCUT2D eigenvalue weighted by atomic mass is 19.1. The van der Waals surface area contributed by atoms with E-state index in [-0.39, 0.29) is 17.2 Å². The zero-order chi connectivity index (χ0) is 23.1. The van der Waals surface area contributed by atoms with Crippen LogP contribution in [0.1, 0.15) is 52.8 Å². The van der Waals surface area contributed by atoms with Crippen LogP contribution in [0, 0.1) is 11.2 Å². The van der Waals surface area contributed by atoms with Gasteiger partial charge in [0.1, 0.15) is 11.6 Å². The molecule has 2 aliphatic heterocycles. The summed E-state index contributed by atoms with van der Waals surface area (Å²) in [5.74, 6) is -0.137. The number of para-hydroxylation sites is 1. The minimum atomic E-state index is -0.404. The molecule has 0 aromatic heterocycles. The maximum Gasteiger partial charge on any atom is 0.255 e. The fraction of sp³-hybridized carbons (Fsp3) is 0.462. The minimum absolute atomic E-state index is 0.0909. The van der Waals surface area contributed by atoms with Gasteiger partial charge in [-0.3, -0.25) is 9.59 Å². The number of hydrogen-bond donors (Lipinski definition) is 1. The molecule has 0 saturated carbocycles. The first kappa shape index (κ1) is 23.2. The molecule has 0 atom stereocenters. The number of hydrogen-bond acceptors (Lipinski definition) is 4. The molecular formula is C26H31FN2O4. The second kappa shape index (κ2) is 10.8. The Balaban J connectivity index is 1.47. The van der Waals surface area contributed by atoms with Crippen molar-refractivity contribution in [3.05, 3.63) is 65.5 Å². The van der Waals surface area contributed by atoms with Gasteiger partial charge in [0.25, 0.3) is 11.8 Å². The first-order valence-corrected chi connectivity index (χ1v) is 11.7. The molecule has 1 spiro atoms. The lowest BCUT2D eigenvalue weighted by molar-refractivity contribution is 0.0340.